The number of amides is 1. The zero-order chi connectivity index (χ0) is 16.0. The van der Waals surface area contributed by atoms with Gasteiger partial charge in [0.25, 0.3) is 5.91 Å². The Morgan fingerprint density at radius 3 is 2.57 bits per heavy atom. The van der Waals surface area contributed by atoms with E-state index in [9.17, 15) is 9.59 Å². The van der Waals surface area contributed by atoms with Crippen LogP contribution in [0.25, 0.3) is 0 Å². The van der Waals surface area contributed by atoms with Gasteiger partial charge < -0.3 is 15.4 Å². The molecule has 1 rings (SSSR count). The van der Waals surface area contributed by atoms with Crippen molar-refractivity contribution >= 4 is 23.5 Å². The Morgan fingerprint density at radius 1 is 1.38 bits per heavy atom. The van der Waals surface area contributed by atoms with Gasteiger partial charge in [-0.05, 0) is 38.5 Å². The molecule has 0 bridgehead atoms. The van der Waals surface area contributed by atoms with E-state index in [2.05, 4.69) is 0 Å². The number of rotatable bonds is 6. The van der Waals surface area contributed by atoms with Gasteiger partial charge in [0.15, 0.2) is 6.04 Å². The van der Waals surface area contributed by atoms with Gasteiger partial charge in [0.2, 0.25) is 0 Å². The molecule has 0 aliphatic heterocycles. The largest absolute Gasteiger partial charge is 0.464 e. The minimum absolute atomic E-state index is 0.100. The number of carbonyl (C=O) groups excluding carboxylic acids is 2. The second-order valence-electron chi connectivity index (χ2n) is 4.92. The van der Waals surface area contributed by atoms with Crippen LogP contribution in [0.3, 0.4) is 0 Å². The van der Waals surface area contributed by atoms with E-state index in [1.165, 1.54) is 4.90 Å². The SMILES string of the molecule is CCOC(=O)C(N)C(=O)N(Cc1cccc(Cl)c1)C(C)C. The van der Waals surface area contributed by atoms with Crippen LogP contribution in [0.1, 0.15) is 26.3 Å². The fourth-order valence-electron chi connectivity index (χ4n) is 1.86. The molecular formula is C15H21ClN2O3. The molecule has 2 N–H and O–H groups in total. The molecule has 0 aliphatic carbocycles. The number of nitrogens with two attached hydrogens (primary N) is 1. The number of benzene rings is 1. The van der Waals surface area contributed by atoms with Crippen LogP contribution >= 0.6 is 11.6 Å². The molecule has 0 saturated carbocycles. The smallest absolute Gasteiger partial charge is 0.332 e. The second kappa shape index (κ2) is 8.00. The maximum absolute atomic E-state index is 12.4. The number of ether oxygens (including phenoxy) is 1. The monoisotopic (exact) mass is 312 g/mol. The van der Waals surface area contributed by atoms with Crippen LogP contribution in [0.2, 0.25) is 5.02 Å². The van der Waals surface area contributed by atoms with Crippen molar-refractivity contribution in [2.75, 3.05) is 6.61 Å². The highest BCUT2D eigenvalue weighted by Crippen LogP contribution is 2.15. The summed E-state index contributed by atoms with van der Waals surface area (Å²) in [5.41, 5.74) is 6.55. The first kappa shape index (κ1) is 17.5. The lowest BCUT2D eigenvalue weighted by Gasteiger charge is -2.28. The van der Waals surface area contributed by atoms with Crippen LogP contribution in [0.5, 0.6) is 0 Å². The summed E-state index contributed by atoms with van der Waals surface area (Å²) in [6.07, 6.45) is 0. The van der Waals surface area contributed by atoms with E-state index in [1.807, 2.05) is 26.0 Å². The standard InChI is InChI=1S/C15H21ClN2O3/c1-4-21-15(20)13(17)14(19)18(10(2)3)9-11-6-5-7-12(16)8-11/h5-8,10,13H,4,9,17H2,1-3H3. The normalized spacial score (nSPS) is 12.1. The van der Waals surface area contributed by atoms with Crippen LogP contribution in [0, 0.1) is 0 Å². The maximum Gasteiger partial charge on any atom is 0.332 e. The van der Waals surface area contributed by atoms with Crippen molar-refractivity contribution in [3.63, 3.8) is 0 Å². The molecule has 1 amide bonds. The van der Waals surface area contributed by atoms with E-state index < -0.39 is 17.9 Å². The van der Waals surface area contributed by atoms with Gasteiger partial charge in [-0.25, -0.2) is 4.79 Å². The van der Waals surface area contributed by atoms with Crippen molar-refractivity contribution in [1.29, 1.82) is 0 Å². The van der Waals surface area contributed by atoms with Gasteiger partial charge in [-0.3, -0.25) is 4.79 Å². The van der Waals surface area contributed by atoms with Crippen LogP contribution in [-0.2, 0) is 20.9 Å². The summed E-state index contributed by atoms with van der Waals surface area (Å²) in [4.78, 5) is 25.5. The average molecular weight is 313 g/mol. The van der Waals surface area contributed by atoms with Gasteiger partial charge >= 0.3 is 5.97 Å². The van der Waals surface area contributed by atoms with Gasteiger partial charge in [0.1, 0.15) is 0 Å². The highest BCUT2D eigenvalue weighted by Gasteiger charge is 2.29. The zero-order valence-corrected chi connectivity index (χ0v) is 13.3. The van der Waals surface area contributed by atoms with E-state index >= 15 is 0 Å². The number of esters is 1. The van der Waals surface area contributed by atoms with E-state index in [4.69, 9.17) is 22.1 Å². The van der Waals surface area contributed by atoms with Crippen LogP contribution in [0.4, 0.5) is 0 Å². The number of hydrogen-bond donors (Lipinski definition) is 1. The number of hydrogen-bond acceptors (Lipinski definition) is 4. The van der Waals surface area contributed by atoms with Gasteiger partial charge in [0.05, 0.1) is 6.61 Å². The Balaban J connectivity index is 2.86. The highest BCUT2D eigenvalue weighted by atomic mass is 35.5. The lowest BCUT2D eigenvalue weighted by Crippen LogP contribution is -2.50. The quantitative estimate of drug-likeness (QED) is 0.644. The van der Waals surface area contributed by atoms with Crippen molar-refractivity contribution < 1.29 is 14.3 Å². The molecule has 1 unspecified atom stereocenters. The van der Waals surface area contributed by atoms with Crippen molar-refractivity contribution in [3.05, 3.63) is 34.9 Å². The first-order chi connectivity index (χ1) is 9.86. The predicted molar refractivity (Wildman–Crippen MR) is 81.7 cm³/mol. The second-order valence-corrected chi connectivity index (χ2v) is 5.36. The van der Waals surface area contributed by atoms with Gasteiger partial charge in [-0.2, -0.15) is 0 Å². The Labute approximate surface area is 130 Å². The number of nitrogens with zero attached hydrogens (tertiary/aromatic N) is 1. The Hall–Kier alpha value is -1.59. The fraction of sp³-hybridized carbons (Fsp3) is 0.467. The molecule has 5 nitrogen and oxygen atoms in total. The molecule has 0 saturated heterocycles. The lowest BCUT2D eigenvalue weighted by molar-refractivity contribution is -0.151. The molecular weight excluding hydrogens is 292 g/mol. The molecule has 1 aromatic carbocycles. The summed E-state index contributed by atoms with van der Waals surface area (Å²) < 4.78 is 4.79. The molecule has 116 valence electrons. The summed E-state index contributed by atoms with van der Waals surface area (Å²) in [6.45, 7) is 5.92. The van der Waals surface area contributed by atoms with E-state index in [0.29, 0.717) is 11.6 Å². The Bertz CT molecular complexity index is 505. The van der Waals surface area contributed by atoms with Crippen LogP contribution < -0.4 is 5.73 Å². The summed E-state index contributed by atoms with van der Waals surface area (Å²) in [5, 5.41) is 0.596. The Morgan fingerprint density at radius 2 is 2.05 bits per heavy atom. The molecule has 1 aromatic rings. The zero-order valence-electron chi connectivity index (χ0n) is 12.5. The van der Waals surface area contributed by atoms with E-state index in [0.717, 1.165) is 5.56 Å². The highest BCUT2D eigenvalue weighted by molar-refractivity contribution is 6.30. The summed E-state index contributed by atoms with van der Waals surface area (Å²) in [5.74, 6) is -1.16. The predicted octanol–water partition coefficient (Wildman–Crippen LogP) is 1.97. The van der Waals surface area contributed by atoms with Gasteiger partial charge in [-0.1, -0.05) is 23.7 Å². The molecule has 0 aromatic heterocycles. The first-order valence-electron chi connectivity index (χ1n) is 6.84. The molecule has 21 heavy (non-hydrogen) atoms. The van der Waals surface area contributed by atoms with Crippen molar-refractivity contribution in [3.8, 4) is 0 Å². The topological polar surface area (TPSA) is 72.6 Å². The van der Waals surface area contributed by atoms with Crippen molar-refractivity contribution in [1.82, 2.24) is 4.90 Å². The molecule has 0 aliphatic rings. The third kappa shape index (κ3) is 5.02. The molecule has 0 fully saturated rings. The summed E-state index contributed by atoms with van der Waals surface area (Å²) in [6, 6.07) is 5.82. The summed E-state index contributed by atoms with van der Waals surface area (Å²) >= 11 is 5.94. The third-order valence-corrected chi connectivity index (χ3v) is 3.19. The van der Waals surface area contributed by atoms with E-state index in [-0.39, 0.29) is 12.6 Å². The first-order valence-corrected chi connectivity index (χ1v) is 7.21. The number of halogens is 1. The minimum atomic E-state index is -1.30. The lowest BCUT2D eigenvalue weighted by atomic mass is 10.1. The molecule has 0 heterocycles. The molecule has 0 spiro atoms. The van der Waals surface area contributed by atoms with Crippen LogP contribution in [0.15, 0.2) is 24.3 Å². The maximum atomic E-state index is 12.4. The fourth-order valence-corrected chi connectivity index (χ4v) is 2.07. The van der Waals surface area contributed by atoms with E-state index in [1.54, 1.807) is 19.1 Å². The van der Waals surface area contributed by atoms with Crippen LogP contribution in [-0.4, -0.2) is 35.5 Å². The van der Waals surface area contributed by atoms with Gasteiger partial charge in [-0.15, -0.1) is 0 Å². The third-order valence-electron chi connectivity index (χ3n) is 2.95. The van der Waals surface area contributed by atoms with Crippen molar-refractivity contribution in [2.45, 2.75) is 39.4 Å². The molecule has 1 atom stereocenters. The Kier molecular flexibility index (Phi) is 6.65. The minimum Gasteiger partial charge on any atom is -0.464 e. The summed E-state index contributed by atoms with van der Waals surface area (Å²) in [7, 11) is 0. The van der Waals surface area contributed by atoms with Crippen molar-refractivity contribution in [2.24, 2.45) is 5.73 Å². The number of carbonyl (C=O) groups is 2. The molecule has 0 radical (unpaired) electrons. The average Bonchev–Trinajstić information content (AvgIpc) is 2.43. The molecule has 6 heteroatoms. The van der Waals surface area contributed by atoms with Gasteiger partial charge in [0, 0.05) is 17.6 Å².